The zero-order valence-corrected chi connectivity index (χ0v) is 14.7. The quantitative estimate of drug-likeness (QED) is 0.454. The predicted molar refractivity (Wildman–Crippen MR) is 106 cm³/mol. The first-order chi connectivity index (χ1) is 11.8. The van der Waals surface area contributed by atoms with Gasteiger partial charge in [-0.15, -0.1) is 11.3 Å². The van der Waals surface area contributed by atoms with E-state index in [4.69, 9.17) is 0 Å². The minimum Gasteiger partial charge on any atom is -0.144 e. The normalized spacial score (nSPS) is 16.4. The van der Waals surface area contributed by atoms with Crippen LogP contribution in [0.15, 0.2) is 59.5 Å². The van der Waals surface area contributed by atoms with Crippen molar-refractivity contribution >= 4 is 27.7 Å². The molecule has 0 N–H and O–H groups in total. The van der Waals surface area contributed by atoms with Crippen molar-refractivity contribution in [1.29, 1.82) is 0 Å². The molecule has 0 aliphatic heterocycles. The Kier molecular flexibility index (Phi) is 3.24. The lowest BCUT2D eigenvalue weighted by Gasteiger charge is -2.26. The molecule has 0 unspecified atom stereocenters. The number of benzene rings is 2. The van der Waals surface area contributed by atoms with Crippen molar-refractivity contribution in [2.45, 2.75) is 32.6 Å². The highest BCUT2D eigenvalue weighted by Gasteiger charge is 2.22. The maximum Gasteiger partial charge on any atom is 0.0349 e. The summed E-state index contributed by atoms with van der Waals surface area (Å²) in [4.78, 5) is 1.39. The molecule has 2 aliphatic rings. The summed E-state index contributed by atoms with van der Waals surface area (Å²) in [6, 6.07) is 13.8. The Hall–Kier alpha value is -2.12. The summed E-state index contributed by atoms with van der Waals surface area (Å²) >= 11 is 1.85. The van der Waals surface area contributed by atoms with E-state index in [0.29, 0.717) is 0 Å². The van der Waals surface area contributed by atoms with Gasteiger partial charge < -0.3 is 0 Å². The molecule has 0 atom stereocenters. The van der Waals surface area contributed by atoms with Crippen molar-refractivity contribution < 1.29 is 0 Å². The van der Waals surface area contributed by atoms with Crippen LogP contribution in [-0.2, 0) is 6.42 Å². The molecule has 0 fully saturated rings. The zero-order valence-electron chi connectivity index (χ0n) is 13.9. The van der Waals surface area contributed by atoms with Gasteiger partial charge in [-0.05, 0) is 83.2 Å². The van der Waals surface area contributed by atoms with Crippen LogP contribution in [0.2, 0.25) is 0 Å². The Morgan fingerprint density at radius 3 is 2.79 bits per heavy atom. The van der Waals surface area contributed by atoms with Gasteiger partial charge in [-0.3, -0.25) is 0 Å². The lowest BCUT2D eigenvalue weighted by molar-refractivity contribution is 0.831. The number of thiophene rings is 1. The zero-order chi connectivity index (χ0) is 16.1. The van der Waals surface area contributed by atoms with E-state index in [0.717, 1.165) is 0 Å². The minimum atomic E-state index is 1.18. The van der Waals surface area contributed by atoms with Crippen molar-refractivity contribution in [3.8, 4) is 10.4 Å². The predicted octanol–water partition coefficient (Wildman–Crippen LogP) is 6.93. The molecule has 0 radical (unpaired) electrons. The van der Waals surface area contributed by atoms with Crippen LogP contribution in [0.1, 0.15) is 36.0 Å². The average Bonchev–Trinajstić information content (AvgIpc) is 3.14. The average molecular weight is 328 g/mol. The minimum absolute atomic E-state index is 1.18. The second-order valence-electron chi connectivity index (χ2n) is 6.94. The number of rotatable bonds is 1. The summed E-state index contributed by atoms with van der Waals surface area (Å²) < 4.78 is 0. The second kappa shape index (κ2) is 5.46. The topological polar surface area (TPSA) is 0 Å². The van der Waals surface area contributed by atoms with Crippen molar-refractivity contribution in [3.05, 3.63) is 76.2 Å². The number of hydrogen-bond acceptors (Lipinski definition) is 1. The first-order valence-electron chi connectivity index (χ1n) is 8.80. The van der Waals surface area contributed by atoms with E-state index >= 15 is 0 Å². The standard InChI is InChI=1S/C23H20S/c1-15-13-17-9-10-19-18-6-3-2-5-16(18)8-11-20(19)23(17)21(14-15)22-7-4-12-24-22/h3-4,6-7,9-10,12-14H,2,5,8,11H2,1H3. The fourth-order valence-electron chi connectivity index (χ4n) is 4.36. The molecular weight excluding hydrogens is 308 g/mol. The Bertz CT molecular complexity index is 1000. The third-order valence-corrected chi connectivity index (χ3v) is 6.30. The highest BCUT2D eigenvalue weighted by molar-refractivity contribution is 7.13. The molecule has 2 aliphatic carbocycles. The van der Waals surface area contributed by atoms with E-state index < -0.39 is 0 Å². The van der Waals surface area contributed by atoms with E-state index in [1.807, 2.05) is 11.3 Å². The Morgan fingerprint density at radius 1 is 0.958 bits per heavy atom. The van der Waals surface area contributed by atoms with Gasteiger partial charge in [-0.2, -0.15) is 0 Å². The molecule has 0 bridgehead atoms. The molecule has 0 saturated heterocycles. The maximum atomic E-state index is 2.37. The molecular formula is C23H20S. The van der Waals surface area contributed by atoms with Crippen molar-refractivity contribution in [2.24, 2.45) is 0 Å². The number of fused-ring (bicyclic) bond motifs is 4. The summed E-state index contributed by atoms with van der Waals surface area (Å²) in [6.07, 6.45) is 9.57. The first kappa shape index (κ1) is 14.2. The third-order valence-electron chi connectivity index (χ3n) is 5.40. The van der Waals surface area contributed by atoms with Gasteiger partial charge in [-0.1, -0.05) is 42.0 Å². The van der Waals surface area contributed by atoms with Crippen LogP contribution in [0, 0.1) is 6.92 Å². The second-order valence-corrected chi connectivity index (χ2v) is 7.89. The van der Waals surface area contributed by atoms with E-state index in [-0.39, 0.29) is 0 Å². The molecule has 5 rings (SSSR count). The Labute approximate surface area is 147 Å². The molecule has 2 aromatic carbocycles. The summed E-state index contributed by atoms with van der Waals surface area (Å²) in [6.45, 7) is 2.21. The summed E-state index contributed by atoms with van der Waals surface area (Å²) in [7, 11) is 0. The van der Waals surface area contributed by atoms with Gasteiger partial charge in [0.2, 0.25) is 0 Å². The molecule has 0 spiro atoms. The molecule has 1 heteroatoms. The molecule has 1 aromatic heterocycles. The summed E-state index contributed by atoms with van der Waals surface area (Å²) in [5, 5.41) is 5.05. The monoisotopic (exact) mass is 328 g/mol. The van der Waals surface area contributed by atoms with Gasteiger partial charge in [0.05, 0.1) is 0 Å². The Balaban J connectivity index is 1.86. The SMILES string of the molecule is Cc1cc(-c2cccs2)c2c3c(ccc2c1)C1=C(CCC=C1)CC3. The molecule has 3 aromatic rings. The molecule has 0 amide bonds. The van der Waals surface area contributed by atoms with Gasteiger partial charge in [0.1, 0.15) is 0 Å². The Morgan fingerprint density at radius 2 is 1.92 bits per heavy atom. The summed E-state index contributed by atoms with van der Waals surface area (Å²) in [5.41, 5.74) is 8.96. The van der Waals surface area contributed by atoms with Crippen molar-refractivity contribution in [3.63, 3.8) is 0 Å². The van der Waals surface area contributed by atoms with Crippen LogP contribution >= 0.6 is 11.3 Å². The van der Waals surface area contributed by atoms with E-state index in [1.54, 1.807) is 11.1 Å². The van der Waals surface area contributed by atoms with E-state index in [2.05, 4.69) is 60.9 Å². The molecule has 0 nitrogen and oxygen atoms in total. The van der Waals surface area contributed by atoms with Crippen LogP contribution in [0.5, 0.6) is 0 Å². The number of hydrogen-bond donors (Lipinski definition) is 0. The molecule has 1 heterocycles. The lowest BCUT2D eigenvalue weighted by Crippen LogP contribution is -2.07. The molecule has 0 saturated carbocycles. The van der Waals surface area contributed by atoms with Crippen molar-refractivity contribution in [1.82, 2.24) is 0 Å². The van der Waals surface area contributed by atoms with Gasteiger partial charge in [0.15, 0.2) is 0 Å². The van der Waals surface area contributed by atoms with Gasteiger partial charge in [-0.25, -0.2) is 0 Å². The van der Waals surface area contributed by atoms with E-state index in [1.165, 1.54) is 63.6 Å². The van der Waals surface area contributed by atoms with E-state index in [9.17, 15) is 0 Å². The van der Waals surface area contributed by atoms with Crippen LogP contribution < -0.4 is 0 Å². The van der Waals surface area contributed by atoms with Crippen LogP contribution in [0.25, 0.3) is 26.8 Å². The van der Waals surface area contributed by atoms with Gasteiger partial charge in [0, 0.05) is 10.4 Å². The van der Waals surface area contributed by atoms with Crippen LogP contribution in [0.4, 0.5) is 0 Å². The van der Waals surface area contributed by atoms with Crippen molar-refractivity contribution in [2.75, 3.05) is 0 Å². The lowest BCUT2D eigenvalue weighted by atomic mass is 9.78. The highest BCUT2D eigenvalue weighted by atomic mass is 32.1. The largest absolute Gasteiger partial charge is 0.144 e. The van der Waals surface area contributed by atoms with Gasteiger partial charge >= 0.3 is 0 Å². The fraction of sp³-hybridized carbons (Fsp3) is 0.217. The third kappa shape index (κ3) is 2.12. The first-order valence-corrected chi connectivity index (χ1v) is 9.68. The summed E-state index contributed by atoms with van der Waals surface area (Å²) in [5.74, 6) is 0. The number of aryl methyl sites for hydroxylation is 2. The maximum absolute atomic E-state index is 2.37. The fourth-order valence-corrected chi connectivity index (χ4v) is 5.11. The molecule has 118 valence electrons. The highest BCUT2D eigenvalue weighted by Crippen LogP contribution is 2.43. The van der Waals surface area contributed by atoms with Crippen LogP contribution in [0.3, 0.4) is 0 Å². The van der Waals surface area contributed by atoms with Gasteiger partial charge in [0.25, 0.3) is 0 Å². The van der Waals surface area contributed by atoms with Crippen LogP contribution in [-0.4, -0.2) is 0 Å². The smallest absolute Gasteiger partial charge is 0.0349 e. The molecule has 24 heavy (non-hydrogen) atoms. The number of allylic oxidation sites excluding steroid dienone is 4.